The standard InChI is InChI=1S/C23H19FN2O5S/c1-15-6-8-18(32(28,29)26-13-17-4-3-11-30-17)12-20(15)23(27)31-14-16-7-9-21(24)19-5-2-10-25-22(16)19/h2-12,26H,13-14H2,1H3. The van der Waals surface area contributed by atoms with Crippen molar-refractivity contribution in [3.8, 4) is 0 Å². The van der Waals surface area contributed by atoms with Crippen LogP contribution in [0.15, 0.2) is 76.4 Å². The summed E-state index contributed by atoms with van der Waals surface area (Å²) in [5.74, 6) is -0.654. The van der Waals surface area contributed by atoms with Gasteiger partial charge in [-0.1, -0.05) is 12.1 Å². The van der Waals surface area contributed by atoms with Crippen LogP contribution in [0.3, 0.4) is 0 Å². The molecule has 0 spiro atoms. The van der Waals surface area contributed by atoms with Gasteiger partial charge in [0.1, 0.15) is 18.2 Å². The van der Waals surface area contributed by atoms with Crippen LogP contribution in [0, 0.1) is 12.7 Å². The topological polar surface area (TPSA) is 98.5 Å². The minimum Gasteiger partial charge on any atom is -0.468 e. The van der Waals surface area contributed by atoms with Gasteiger partial charge in [-0.15, -0.1) is 0 Å². The van der Waals surface area contributed by atoms with Crippen molar-refractivity contribution in [1.29, 1.82) is 0 Å². The first-order valence-electron chi connectivity index (χ1n) is 9.67. The van der Waals surface area contributed by atoms with E-state index in [1.165, 1.54) is 42.8 Å². The molecule has 9 heteroatoms. The average molecular weight is 454 g/mol. The molecule has 0 aliphatic heterocycles. The van der Waals surface area contributed by atoms with Crippen molar-refractivity contribution >= 4 is 26.9 Å². The maximum Gasteiger partial charge on any atom is 0.338 e. The summed E-state index contributed by atoms with van der Waals surface area (Å²) in [6.45, 7) is 1.52. The summed E-state index contributed by atoms with van der Waals surface area (Å²) in [6, 6.07) is 13.5. The summed E-state index contributed by atoms with van der Waals surface area (Å²) < 4.78 is 52.2. The summed E-state index contributed by atoms with van der Waals surface area (Å²) in [5, 5.41) is 0.327. The lowest BCUT2D eigenvalue weighted by Gasteiger charge is -2.11. The highest BCUT2D eigenvalue weighted by Gasteiger charge is 2.19. The fourth-order valence-electron chi connectivity index (χ4n) is 3.18. The molecule has 0 aliphatic rings. The van der Waals surface area contributed by atoms with Crippen molar-refractivity contribution in [2.75, 3.05) is 0 Å². The number of furan rings is 1. The molecule has 0 amide bonds. The highest BCUT2D eigenvalue weighted by Crippen LogP contribution is 2.22. The number of nitrogens with zero attached hydrogens (tertiary/aromatic N) is 1. The Hall–Kier alpha value is -3.56. The van der Waals surface area contributed by atoms with E-state index in [1.54, 1.807) is 31.2 Å². The number of ether oxygens (including phenoxy) is 1. The minimum atomic E-state index is -3.88. The Kier molecular flexibility index (Phi) is 6.02. The first-order valence-corrected chi connectivity index (χ1v) is 11.2. The fourth-order valence-corrected chi connectivity index (χ4v) is 4.20. The third-order valence-electron chi connectivity index (χ3n) is 4.91. The monoisotopic (exact) mass is 454 g/mol. The Morgan fingerprint density at radius 2 is 2.00 bits per heavy atom. The summed E-state index contributed by atoms with van der Waals surface area (Å²) in [5.41, 5.74) is 1.61. The molecule has 1 N–H and O–H groups in total. The van der Waals surface area contributed by atoms with Gasteiger partial charge in [0.15, 0.2) is 0 Å². The second-order valence-corrected chi connectivity index (χ2v) is 8.83. The van der Waals surface area contributed by atoms with Gasteiger partial charge in [-0.3, -0.25) is 4.98 Å². The zero-order valence-corrected chi connectivity index (χ0v) is 17.9. The summed E-state index contributed by atoms with van der Waals surface area (Å²) in [7, 11) is -3.88. The number of sulfonamides is 1. The Morgan fingerprint density at radius 3 is 2.78 bits per heavy atom. The van der Waals surface area contributed by atoms with Crippen molar-refractivity contribution < 1.29 is 26.8 Å². The lowest BCUT2D eigenvalue weighted by Crippen LogP contribution is -2.23. The second kappa shape index (κ2) is 8.89. The summed E-state index contributed by atoms with van der Waals surface area (Å²) in [6.07, 6.45) is 2.98. The smallest absolute Gasteiger partial charge is 0.338 e. The number of esters is 1. The largest absolute Gasteiger partial charge is 0.468 e. The van der Waals surface area contributed by atoms with Crippen LogP contribution in [0.4, 0.5) is 4.39 Å². The van der Waals surface area contributed by atoms with Crippen LogP contribution in [0.5, 0.6) is 0 Å². The van der Waals surface area contributed by atoms with Gasteiger partial charge >= 0.3 is 5.97 Å². The molecule has 4 rings (SSSR count). The molecule has 2 aromatic carbocycles. The molecule has 0 saturated carbocycles. The van der Waals surface area contributed by atoms with Crippen LogP contribution in [-0.4, -0.2) is 19.4 Å². The zero-order chi connectivity index (χ0) is 22.7. The highest BCUT2D eigenvalue weighted by atomic mass is 32.2. The molecular formula is C23H19FN2O5S. The van der Waals surface area contributed by atoms with Crippen molar-refractivity contribution in [2.24, 2.45) is 0 Å². The van der Waals surface area contributed by atoms with Crippen molar-refractivity contribution in [1.82, 2.24) is 9.71 Å². The van der Waals surface area contributed by atoms with Gasteiger partial charge in [0.05, 0.1) is 28.8 Å². The molecule has 164 valence electrons. The predicted octanol–water partition coefficient (Wildman–Crippen LogP) is 4.11. The lowest BCUT2D eigenvalue weighted by atomic mass is 10.1. The van der Waals surface area contributed by atoms with Crippen LogP contribution >= 0.6 is 0 Å². The molecule has 2 heterocycles. The van der Waals surface area contributed by atoms with Gasteiger partial charge in [-0.2, -0.15) is 0 Å². The van der Waals surface area contributed by atoms with Gasteiger partial charge in [0, 0.05) is 17.1 Å². The number of hydrogen-bond donors (Lipinski definition) is 1. The van der Waals surface area contributed by atoms with E-state index in [-0.39, 0.29) is 23.6 Å². The third kappa shape index (κ3) is 4.53. The molecule has 0 fully saturated rings. The maximum absolute atomic E-state index is 14.0. The number of rotatable bonds is 7. The number of aryl methyl sites for hydroxylation is 1. The van der Waals surface area contributed by atoms with E-state index in [2.05, 4.69) is 9.71 Å². The van der Waals surface area contributed by atoms with E-state index in [4.69, 9.17) is 9.15 Å². The molecule has 0 aliphatic carbocycles. The van der Waals surface area contributed by atoms with Crippen LogP contribution in [-0.2, 0) is 27.9 Å². The summed E-state index contributed by atoms with van der Waals surface area (Å²) >= 11 is 0. The third-order valence-corrected chi connectivity index (χ3v) is 6.31. The minimum absolute atomic E-state index is 0.0202. The Morgan fingerprint density at radius 1 is 1.16 bits per heavy atom. The summed E-state index contributed by atoms with van der Waals surface area (Å²) in [4.78, 5) is 16.8. The van der Waals surface area contributed by atoms with E-state index in [9.17, 15) is 17.6 Å². The van der Waals surface area contributed by atoms with Crippen molar-refractivity contribution in [2.45, 2.75) is 25.0 Å². The zero-order valence-electron chi connectivity index (χ0n) is 17.0. The van der Waals surface area contributed by atoms with Crippen molar-refractivity contribution in [3.05, 3.63) is 95.3 Å². The van der Waals surface area contributed by atoms with E-state index >= 15 is 0 Å². The van der Waals surface area contributed by atoms with E-state index in [1.807, 2.05) is 0 Å². The number of benzene rings is 2. The van der Waals surface area contributed by atoms with E-state index < -0.39 is 21.8 Å². The van der Waals surface area contributed by atoms with Crippen LogP contribution < -0.4 is 4.72 Å². The number of hydrogen-bond acceptors (Lipinski definition) is 6. The molecule has 4 aromatic rings. The van der Waals surface area contributed by atoms with E-state index in [0.717, 1.165) is 0 Å². The van der Waals surface area contributed by atoms with Crippen molar-refractivity contribution in [3.63, 3.8) is 0 Å². The van der Waals surface area contributed by atoms with Gasteiger partial charge < -0.3 is 9.15 Å². The van der Waals surface area contributed by atoms with Crippen LogP contribution in [0.25, 0.3) is 10.9 Å². The van der Waals surface area contributed by atoms with Gasteiger partial charge in [0.25, 0.3) is 0 Å². The number of halogens is 1. The first-order chi connectivity index (χ1) is 15.3. The normalized spacial score (nSPS) is 11.6. The SMILES string of the molecule is Cc1ccc(S(=O)(=O)NCc2ccco2)cc1C(=O)OCc1ccc(F)c2cccnc12. The molecular weight excluding hydrogens is 435 g/mol. The number of carbonyl (C=O) groups excluding carboxylic acids is 1. The second-order valence-electron chi connectivity index (χ2n) is 7.06. The Labute approximate surface area is 183 Å². The van der Waals surface area contributed by atoms with Crippen LogP contribution in [0.1, 0.15) is 27.2 Å². The predicted molar refractivity (Wildman–Crippen MR) is 115 cm³/mol. The number of nitrogens with one attached hydrogen (secondary N) is 1. The Bertz CT molecular complexity index is 1390. The highest BCUT2D eigenvalue weighted by molar-refractivity contribution is 7.89. The number of pyridine rings is 1. The van der Waals surface area contributed by atoms with E-state index in [0.29, 0.717) is 27.8 Å². The fraction of sp³-hybridized carbons (Fsp3) is 0.130. The quantitative estimate of drug-likeness (QED) is 0.422. The van der Waals surface area contributed by atoms with Gasteiger partial charge in [0.2, 0.25) is 10.0 Å². The molecule has 2 aromatic heterocycles. The molecule has 0 unspecified atom stereocenters. The number of carbonyl (C=O) groups is 1. The molecule has 0 bridgehead atoms. The molecule has 0 saturated heterocycles. The van der Waals surface area contributed by atoms with Crippen LogP contribution in [0.2, 0.25) is 0 Å². The maximum atomic E-state index is 14.0. The van der Waals surface area contributed by atoms with Gasteiger partial charge in [-0.05, 0) is 55.0 Å². The Balaban J connectivity index is 1.52. The average Bonchev–Trinajstić information content (AvgIpc) is 3.31. The molecule has 32 heavy (non-hydrogen) atoms. The first kappa shape index (κ1) is 21.7. The number of aromatic nitrogens is 1. The number of fused-ring (bicyclic) bond motifs is 1. The molecule has 0 radical (unpaired) electrons. The molecule has 0 atom stereocenters. The molecule has 7 nitrogen and oxygen atoms in total. The lowest BCUT2D eigenvalue weighted by molar-refractivity contribution is 0.0473. The van der Waals surface area contributed by atoms with Gasteiger partial charge in [-0.25, -0.2) is 22.3 Å².